The second-order valence-corrected chi connectivity index (χ2v) is 5.58. The van der Waals surface area contributed by atoms with E-state index in [4.69, 9.17) is 4.42 Å². The van der Waals surface area contributed by atoms with Crippen LogP contribution in [0.4, 0.5) is 0 Å². The predicted octanol–water partition coefficient (Wildman–Crippen LogP) is 4.57. The fourth-order valence-electron chi connectivity index (χ4n) is 1.97. The van der Waals surface area contributed by atoms with Crippen molar-refractivity contribution in [3.63, 3.8) is 0 Å². The van der Waals surface area contributed by atoms with Gasteiger partial charge in [0.15, 0.2) is 0 Å². The van der Waals surface area contributed by atoms with Gasteiger partial charge in [-0.25, -0.2) is 0 Å². The van der Waals surface area contributed by atoms with Gasteiger partial charge in [0.25, 0.3) is 0 Å². The van der Waals surface area contributed by atoms with Crippen molar-refractivity contribution in [1.29, 1.82) is 0 Å². The molecule has 2 heteroatoms. The van der Waals surface area contributed by atoms with Crippen molar-refractivity contribution >= 4 is 0 Å². The molecular weight excluding hydrogens is 234 g/mol. The lowest BCUT2D eigenvalue weighted by Gasteiger charge is -2.06. The van der Waals surface area contributed by atoms with Crippen LogP contribution in [0.3, 0.4) is 0 Å². The van der Waals surface area contributed by atoms with Gasteiger partial charge < -0.3 is 9.73 Å². The van der Waals surface area contributed by atoms with E-state index in [1.807, 2.05) is 12.1 Å². The maximum Gasteiger partial charge on any atom is 0.134 e. The molecule has 19 heavy (non-hydrogen) atoms. The minimum atomic E-state index is 0.471. The first-order valence-corrected chi connectivity index (χ1v) is 6.98. The van der Waals surface area contributed by atoms with Crippen LogP contribution < -0.4 is 5.32 Å². The molecular formula is C17H23NO. The maximum absolute atomic E-state index is 5.86. The Morgan fingerprint density at radius 1 is 0.947 bits per heavy atom. The molecule has 0 amide bonds. The molecule has 1 aromatic carbocycles. The summed E-state index contributed by atoms with van der Waals surface area (Å²) in [5, 5.41) is 3.36. The van der Waals surface area contributed by atoms with Crippen LogP contribution >= 0.6 is 0 Å². The van der Waals surface area contributed by atoms with E-state index in [0.29, 0.717) is 12.0 Å². The van der Waals surface area contributed by atoms with Gasteiger partial charge in [-0.3, -0.25) is 0 Å². The smallest absolute Gasteiger partial charge is 0.134 e. The largest absolute Gasteiger partial charge is 0.460 e. The Bertz CT molecular complexity index is 508. The van der Waals surface area contributed by atoms with Crippen molar-refractivity contribution in [2.75, 3.05) is 0 Å². The molecule has 102 valence electrons. The Kier molecular flexibility index (Phi) is 4.43. The van der Waals surface area contributed by atoms with E-state index in [2.05, 4.69) is 57.3 Å². The zero-order chi connectivity index (χ0) is 13.8. The highest BCUT2D eigenvalue weighted by molar-refractivity contribution is 5.58. The third kappa shape index (κ3) is 3.71. The predicted molar refractivity (Wildman–Crippen MR) is 80.2 cm³/mol. The Morgan fingerprint density at radius 3 is 2.21 bits per heavy atom. The van der Waals surface area contributed by atoms with Crippen LogP contribution in [0.5, 0.6) is 0 Å². The van der Waals surface area contributed by atoms with E-state index in [1.165, 1.54) is 5.56 Å². The quantitative estimate of drug-likeness (QED) is 0.849. The number of rotatable bonds is 5. The minimum absolute atomic E-state index is 0.471. The summed E-state index contributed by atoms with van der Waals surface area (Å²) in [5.74, 6) is 2.49. The summed E-state index contributed by atoms with van der Waals surface area (Å²) >= 11 is 0. The number of benzene rings is 1. The molecule has 0 aliphatic rings. The van der Waals surface area contributed by atoms with E-state index in [9.17, 15) is 0 Å². The van der Waals surface area contributed by atoms with Crippen molar-refractivity contribution in [3.05, 3.63) is 47.7 Å². The van der Waals surface area contributed by atoms with Gasteiger partial charge in [0, 0.05) is 11.6 Å². The van der Waals surface area contributed by atoms with Crippen molar-refractivity contribution in [2.24, 2.45) is 0 Å². The zero-order valence-corrected chi connectivity index (χ0v) is 12.2. The Labute approximate surface area is 115 Å². The van der Waals surface area contributed by atoms with Crippen LogP contribution in [-0.4, -0.2) is 6.04 Å². The molecule has 0 unspecified atom stereocenters. The van der Waals surface area contributed by atoms with E-state index in [1.54, 1.807) is 0 Å². The van der Waals surface area contributed by atoms with Gasteiger partial charge in [-0.1, -0.05) is 52.0 Å². The average Bonchev–Trinajstić information content (AvgIpc) is 2.85. The average molecular weight is 257 g/mol. The van der Waals surface area contributed by atoms with Gasteiger partial charge in [0.2, 0.25) is 0 Å². The van der Waals surface area contributed by atoms with Crippen LogP contribution in [0.25, 0.3) is 11.3 Å². The molecule has 2 nitrogen and oxygen atoms in total. The van der Waals surface area contributed by atoms with Gasteiger partial charge in [-0.05, 0) is 23.6 Å². The Hall–Kier alpha value is -1.54. The first kappa shape index (κ1) is 13.9. The Morgan fingerprint density at radius 2 is 1.63 bits per heavy atom. The fraction of sp³-hybridized carbons (Fsp3) is 0.412. The molecule has 0 saturated heterocycles. The molecule has 0 radical (unpaired) electrons. The highest BCUT2D eigenvalue weighted by atomic mass is 16.3. The summed E-state index contributed by atoms with van der Waals surface area (Å²) in [4.78, 5) is 0. The summed E-state index contributed by atoms with van der Waals surface area (Å²) in [6.45, 7) is 9.46. The van der Waals surface area contributed by atoms with Crippen LogP contribution in [0.2, 0.25) is 0 Å². The highest BCUT2D eigenvalue weighted by Gasteiger charge is 2.06. The molecule has 1 aromatic heterocycles. The van der Waals surface area contributed by atoms with Crippen molar-refractivity contribution < 1.29 is 4.42 Å². The fourth-order valence-corrected chi connectivity index (χ4v) is 1.97. The van der Waals surface area contributed by atoms with Gasteiger partial charge >= 0.3 is 0 Å². The summed E-state index contributed by atoms with van der Waals surface area (Å²) < 4.78 is 5.86. The lowest BCUT2D eigenvalue weighted by Crippen LogP contribution is -2.21. The van der Waals surface area contributed by atoms with Gasteiger partial charge in [-0.2, -0.15) is 0 Å². The third-order valence-electron chi connectivity index (χ3n) is 3.21. The van der Waals surface area contributed by atoms with Crippen molar-refractivity contribution in [2.45, 2.75) is 46.2 Å². The van der Waals surface area contributed by atoms with Gasteiger partial charge in [-0.15, -0.1) is 0 Å². The summed E-state index contributed by atoms with van der Waals surface area (Å²) in [5.41, 5.74) is 2.50. The summed E-state index contributed by atoms with van der Waals surface area (Å²) in [6.07, 6.45) is 0. The van der Waals surface area contributed by atoms with Crippen LogP contribution in [0.1, 0.15) is 44.9 Å². The SMILES string of the molecule is CC(C)NCc1ccc(-c2ccc(C(C)C)cc2)o1. The molecule has 0 aliphatic heterocycles. The second kappa shape index (κ2) is 6.07. The topological polar surface area (TPSA) is 25.2 Å². The number of nitrogens with one attached hydrogen (secondary N) is 1. The minimum Gasteiger partial charge on any atom is -0.460 e. The first-order valence-electron chi connectivity index (χ1n) is 6.98. The Balaban J connectivity index is 2.09. The normalized spacial score (nSPS) is 11.5. The van der Waals surface area contributed by atoms with Gasteiger partial charge in [0.1, 0.15) is 11.5 Å². The molecule has 0 fully saturated rings. The molecule has 1 N–H and O–H groups in total. The third-order valence-corrected chi connectivity index (χ3v) is 3.21. The summed E-state index contributed by atoms with van der Waals surface area (Å²) in [6, 6.07) is 13.2. The number of hydrogen-bond donors (Lipinski definition) is 1. The second-order valence-electron chi connectivity index (χ2n) is 5.58. The first-order chi connectivity index (χ1) is 9.06. The molecule has 0 saturated carbocycles. The van der Waals surface area contributed by atoms with E-state index in [-0.39, 0.29) is 0 Å². The highest BCUT2D eigenvalue weighted by Crippen LogP contribution is 2.24. The lowest BCUT2D eigenvalue weighted by molar-refractivity contribution is 0.473. The van der Waals surface area contributed by atoms with E-state index >= 15 is 0 Å². The number of furan rings is 1. The monoisotopic (exact) mass is 257 g/mol. The molecule has 0 atom stereocenters. The van der Waals surface area contributed by atoms with Crippen LogP contribution in [0.15, 0.2) is 40.8 Å². The molecule has 0 bridgehead atoms. The summed E-state index contributed by atoms with van der Waals surface area (Å²) in [7, 11) is 0. The molecule has 0 spiro atoms. The van der Waals surface area contributed by atoms with Crippen LogP contribution in [-0.2, 0) is 6.54 Å². The molecule has 0 aliphatic carbocycles. The standard InChI is InChI=1S/C17H23NO/c1-12(2)14-5-7-15(8-6-14)17-10-9-16(19-17)11-18-13(3)4/h5-10,12-13,18H,11H2,1-4H3. The molecule has 2 rings (SSSR count). The maximum atomic E-state index is 5.86. The van der Waals surface area contributed by atoms with Crippen LogP contribution in [0, 0.1) is 0 Å². The zero-order valence-electron chi connectivity index (χ0n) is 12.2. The van der Waals surface area contributed by atoms with Crippen molar-refractivity contribution in [3.8, 4) is 11.3 Å². The van der Waals surface area contributed by atoms with E-state index < -0.39 is 0 Å². The van der Waals surface area contributed by atoms with Crippen molar-refractivity contribution in [1.82, 2.24) is 5.32 Å². The lowest BCUT2D eigenvalue weighted by atomic mass is 10.0. The molecule has 1 heterocycles. The molecule has 2 aromatic rings. The number of hydrogen-bond acceptors (Lipinski definition) is 2. The van der Waals surface area contributed by atoms with Gasteiger partial charge in [0.05, 0.1) is 6.54 Å². The van der Waals surface area contributed by atoms with E-state index in [0.717, 1.165) is 23.6 Å².